The van der Waals surface area contributed by atoms with E-state index in [-0.39, 0.29) is 12.4 Å². The van der Waals surface area contributed by atoms with Crippen molar-refractivity contribution in [2.24, 2.45) is 4.99 Å². The Labute approximate surface area is 179 Å². The van der Waals surface area contributed by atoms with Crippen LogP contribution in [0.2, 0.25) is 0 Å². The quantitative estimate of drug-likeness (QED) is 0.132. The minimum Gasteiger partial charge on any atom is -0.458 e. The van der Waals surface area contributed by atoms with Crippen LogP contribution in [-0.4, -0.2) is 48.8 Å². The van der Waals surface area contributed by atoms with Gasteiger partial charge in [0.15, 0.2) is 0 Å². The Kier molecular flexibility index (Phi) is 18.3. The molecule has 29 heavy (non-hydrogen) atoms. The van der Waals surface area contributed by atoms with Gasteiger partial charge in [-0.25, -0.2) is 9.59 Å². The van der Waals surface area contributed by atoms with Crippen LogP contribution in [0, 0.1) is 10.8 Å². The molecule has 0 aromatic rings. The standard InChI is InChI=1S/C18H35N3O5.ClH.N2/c1-8-24-20-13-19-12-10-9-11-14(15(22)25-17(2,3)4)21-16(23)26-18(5,6)7;;1-2/h13-14H,8-12H2,1-7H3,(H,19,20)(H,21,23);1H;/t14-;;/m0../s1. The van der Waals surface area contributed by atoms with E-state index in [0.717, 1.165) is 6.42 Å². The SMILES string of the molecule is CCONC=NCCCC[C@H](NC(=O)OC(C)(C)C)C(=O)OC(C)(C)C.Cl.N#N. The molecule has 10 nitrogen and oxygen atoms in total. The monoisotopic (exact) mass is 437 g/mol. The number of carbonyl (C=O) groups is 2. The summed E-state index contributed by atoms with van der Waals surface area (Å²) >= 11 is 0. The zero-order valence-electron chi connectivity index (χ0n) is 18.5. The third-order valence-electron chi connectivity index (χ3n) is 2.78. The van der Waals surface area contributed by atoms with Gasteiger partial charge in [-0.3, -0.25) is 15.3 Å². The average molecular weight is 438 g/mol. The predicted molar refractivity (Wildman–Crippen MR) is 112 cm³/mol. The summed E-state index contributed by atoms with van der Waals surface area (Å²) in [6, 6.07) is -0.755. The second-order valence-corrected chi connectivity index (χ2v) is 7.81. The average Bonchev–Trinajstić information content (AvgIpc) is 2.54. The number of hydrogen-bond acceptors (Lipinski definition) is 8. The van der Waals surface area contributed by atoms with E-state index in [9.17, 15) is 9.59 Å². The summed E-state index contributed by atoms with van der Waals surface area (Å²) in [6.07, 6.45) is 2.77. The molecule has 0 fully saturated rings. The predicted octanol–water partition coefficient (Wildman–Crippen LogP) is 3.41. The van der Waals surface area contributed by atoms with Gasteiger partial charge < -0.3 is 14.8 Å². The van der Waals surface area contributed by atoms with Gasteiger partial charge in [-0.15, -0.1) is 12.4 Å². The molecule has 0 aromatic carbocycles. The smallest absolute Gasteiger partial charge is 0.408 e. The Hall–Kier alpha value is -2.12. The summed E-state index contributed by atoms with van der Waals surface area (Å²) in [4.78, 5) is 33.4. The summed E-state index contributed by atoms with van der Waals surface area (Å²) in [5.74, 6) is -0.468. The molecular weight excluding hydrogens is 402 g/mol. The lowest BCUT2D eigenvalue weighted by atomic mass is 10.1. The number of hydrogen-bond donors (Lipinski definition) is 2. The van der Waals surface area contributed by atoms with Gasteiger partial charge in [-0.2, -0.15) is 0 Å². The van der Waals surface area contributed by atoms with Crippen molar-refractivity contribution in [2.75, 3.05) is 13.2 Å². The van der Waals surface area contributed by atoms with Crippen molar-refractivity contribution in [3.05, 3.63) is 0 Å². The van der Waals surface area contributed by atoms with Crippen molar-refractivity contribution >= 4 is 30.8 Å². The van der Waals surface area contributed by atoms with E-state index in [4.69, 9.17) is 25.1 Å². The molecule has 1 atom stereocenters. The summed E-state index contributed by atoms with van der Waals surface area (Å²) in [6.45, 7) is 13.7. The van der Waals surface area contributed by atoms with Crippen LogP contribution in [0.25, 0.3) is 0 Å². The number of halogens is 1. The van der Waals surface area contributed by atoms with E-state index in [1.807, 2.05) is 6.92 Å². The minimum absolute atomic E-state index is 0. The van der Waals surface area contributed by atoms with Crippen LogP contribution in [0.5, 0.6) is 0 Å². The highest BCUT2D eigenvalue weighted by Gasteiger charge is 2.28. The van der Waals surface area contributed by atoms with E-state index < -0.39 is 29.3 Å². The van der Waals surface area contributed by atoms with Gasteiger partial charge in [0.2, 0.25) is 0 Å². The Balaban J connectivity index is -0.00000218. The van der Waals surface area contributed by atoms with Crippen LogP contribution in [-0.2, 0) is 19.1 Å². The minimum atomic E-state index is -0.755. The number of amides is 1. The Morgan fingerprint density at radius 2 is 1.59 bits per heavy atom. The molecule has 0 unspecified atom stereocenters. The maximum Gasteiger partial charge on any atom is 0.408 e. The first kappa shape index (κ1) is 31.6. The normalized spacial score (nSPS) is 12.0. The molecule has 0 heterocycles. The lowest BCUT2D eigenvalue weighted by Crippen LogP contribution is -2.46. The molecule has 0 bridgehead atoms. The van der Waals surface area contributed by atoms with Gasteiger partial charge >= 0.3 is 12.1 Å². The molecule has 11 heteroatoms. The maximum absolute atomic E-state index is 12.3. The Morgan fingerprint density at radius 1 is 1.03 bits per heavy atom. The highest BCUT2D eigenvalue weighted by molar-refractivity contribution is 5.85. The molecule has 1 amide bonds. The topological polar surface area (TPSA) is 146 Å². The third kappa shape index (κ3) is 22.0. The van der Waals surface area contributed by atoms with Crippen LogP contribution in [0.15, 0.2) is 4.99 Å². The van der Waals surface area contributed by atoms with Crippen molar-refractivity contribution < 1.29 is 23.9 Å². The number of aliphatic imine (C=N–C) groups is 1. The van der Waals surface area contributed by atoms with Crippen molar-refractivity contribution in [3.8, 4) is 0 Å². The Bertz CT molecular complexity index is 501. The van der Waals surface area contributed by atoms with Gasteiger partial charge in [0.25, 0.3) is 0 Å². The molecule has 0 aromatic heterocycles. The molecule has 0 rings (SSSR count). The Morgan fingerprint density at radius 3 is 2.07 bits per heavy atom. The molecule has 0 aliphatic carbocycles. The fourth-order valence-corrected chi connectivity index (χ4v) is 1.85. The van der Waals surface area contributed by atoms with Gasteiger partial charge in [-0.05, 0) is 67.7 Å². The highest BCUT2D eigenvalue weighted by atomic mass is 35.5. The molecule has 0 radical (unpaired) electrons. The van der Waals surface area contributed by atoms with E-state index >= 15 is 0 Å². The first-order valence-electron chi connectivity index (χ1n) is 9.22. The molecule has 0 saturated heterocycles. The number of alkyl carbamates (subject to hydrolysis) is 1. The molecule has 0 spiro atoms. The molecule has 0 aliphatic rings. The number of rotatable bonds is 10. The maximum atomic E-state index is 12.3. The van der Waals surface area contributed by atoms with Crippen molar-refractivity contribution in [1.29, 1.82) is 10.8 Å². The van der Waals surface area contributed by atoms with Crippen LogP contribution in [0.4, 0.5) is 4.79 Å². The number of unbranched alkanes of at least 4 members (excludes halogenated alkanes) is 1. The molecule has 170 valence electrons. The fraction of sp³-hybridized carbons (Fsp3) is 0.833. The van der Waals surface area contributed by atoms with Crippen LogP contribution in [0.3, 0.4) is 0 Å². The summed E-state index contributed by atoms with van der Waals surface area (Å²) < 4.78 is 10.6. The number of hydroxylamine groups is 1. The second-order valence-electron chi connectivity index (χ2n) is 7.81. The van der Waals surface area contributed by atoms with Crippen LogP contribution in [0.1, 0.15) is 67.7 Å². The third-order valence-corrected chi connectivity index (χ3v) is 2.78. The van der Waals surface area contributed by atoms with Crippen molar-refractivity contribution in [1.82, 2.24) is 10.8 Å². The number of ether oxygens (including phenoxy) is 2. The molecule has 0 aliphatic heterocycles. The summed E-state index contributed by atoms with van der Waals surface area (Å²) in [7, 11) is 0. The number of nitrogens with zero attached hydrogens (tertiary/aromatic N) is 3. The fourth-order valence-electron chi connectivity index (χ4n) is 1.85. The number of carbonyl (C=O) groups excluding carboxylic acids is 2. The van der Waals surface area contributed by atoms with Crippen molar-refractivity contribution in [2.45, 2.75) is 85.0 Å². The van der Waals surface area contributed by atoms with E-state index in [1.54, 1.807) is 41.5 Å². The molecular formula is C18H36ClN5O5. The van der Waals surface area contributed by atoms with Gasteiger partial charge in [0.1, 0.15) is 23.6 Å². The van der Waals surface area contributed by atoms with E-state index in [2.05, 4.69) is 15.8 Å². The van der Waals surface area contributed by atoms with Gasteiger partial charge in [-0.1, -0.05) is 0 Å². The summed E-state index contributed by atoms with van der Waals surface area (Å²) in [5.41, 5.74) is 1.33. The van der Waals surface area contributed by atoms with Gasteiger partial charge in [0, 0.05) is 17.3 Å². The zero-order valence-corrected chi connectivity index (χ0v) is 19.3. The van der Waals surface area contributed by atoms with E-state index in [0.29, 0.717) is 26.0 Å². The van der Waals surface area contributed by atoms with Crippen molar-refractivity contribution in [3.63, 3.8) is 0 Å². The van der Waals surface area contributed by atoms with Gasteiger partial charge in [0.05, 0.1) is 6.61 Å². The summed E-state index contributed by atoms with van der Waals surface area (Å²) in [5, 5.41) is 14.6. The van der Waals surface area contributed by atoms with Crippen LogP contribution < -0.4 is 10.8 Å². The highest BCUT2D eigenvalue weighted by Crippen LogP contribution is 2.13. The first-order chi connectivity index (χ1) is 12.9. The van der Waals surface area contributed by atoms with E-state index in [1.165, 1.54) is 6.34 Å². The largest absolute Gasteiger partial charge is 0.458 e. The number of nitrogens with one attached hydrogen (secondary N) is 2. The first-order valence-corrected chi connectivity index (χ1v) is 9.22. The van der Waals surface area contributed by atoms with Crippen LogP contribution >= 0.6 is 12.4 Å². The molecule has 0 saturated carbocycles. The lowest BCUT2D eigenvalue weighted by molar-refractivity contribution is -0.157. The second kappa shape index (κ2) is 16.8. The zero-order chi connectivity index (χ0) is 22.2. The lowest BCUT2D eigenvalue weighted by Gasteiger charge is -2.26. The number of esters is 1. The molecule has 2 N–H and O–H groups in total.